The Morgan fingerprint density at radius 3 is 2.60 bits per heavy atom. The van der Waals surface area contributed by atoms with Crippen LogP contribution in [0.15, 0.2) is 42.6 Å². The fourth-order valence-corrected chi connectivity index (χ4v) is 4.08. The van der Waals surface area contributed by atoms with Gasteiger partial charge in [-0.05, 0) is 36.4 Å². The molecule has 0 aliphatic rings. The van der Waals surface area contributed by atoms with Crippen molar-refractivity contribution in [2.45, 2.75) is 12.3 Å². The number of nitrogens with zero attached hydrogens (tertiary/aromatic N) is 2. The van der Waals surface area contributed by atoms with Gasteiger partial charge in [0.05, 0.1) is 10.6 Å². The molecule has 0 bridgehead atoms. The lowest BCUT2D eigenvalue weighted by Gasteiger charge is -2.14. The molecule has 1 atom stereocenters. The third kappa shape index (κ3) is 3.96. The number of hydrogen-bond donors (Lipinski definition) is 1. The van der Waals surface area contributed by atoms with Gasteiger partial charge in [-0.2, -0.15) is 5.10 Å². The first kappa shape index (κ1) is 18.1. The Morgan fingerprint density at radius 2 is 2.00 bits per heavy atom. The van der Waals surface area contributed by atoms with Crippen molar-refractivity contribution in [1.29, 1.82) is 0 Å². The van der Waals surface area contributed by atoms with Crippen LogP contribution in [0.25, 0.3) is 11.3 Å². The van der Waals surface area contributed by atoms with E-state index in [0.29, 0.717) is 27.2 Å². The molecule has 0 radical (unpaired) electrons. The third-order valence-electron chi connectivity index (χ3n) is 4.12. The van der Waals surface area contributed by atoms with E-state index in [2.05, 4.69) is 5.10 Å². The van der Waals surface area contributed by atoms with Crippen LogP contribution >= 0.6 is 34.5 Å². The summed E-state index contributed by atoms with van der Waals surface area (Å²) in [4.78, 5) is 13.4. The van der Waals surface area contributed by atoms with Crippen molar-refractivity contribution in [3.63, 3.8) is 0 Å². The monoisotopic (exact) mass is 393 g/mol. The van der Waals surface area contributed by atoms with Crippen LogP contribution in [-0.2, 0) is 7.05 Å². The normalized spacial score (nSPS) is 12.3. The maximum Gasteiger partial charge on any atom is 0.173 e. The minimum absolute atomic E-state index is 0.0331. The van der Waals surface area contributed by atoms with Gasteiger partial charge in [-0.3, -0.25) is 9.48 Å². The SMILES string of the molecule is Cn1nccc1-c1cc(C(=O)CC(CN)c2ccc(Cl)cc2)sc1Cl. The molecule has 2 aromatic heterocycles. The highest BCUT2D eigenvalue weighted by atomic mass is 35.5. The highest BCUT2D eigenvalue weighted by Crippen LogP contribution is 2.36. The van der Waals surface area contributed by atoms with Gasteiger partial charge in [0.2, 0.25) is 0 Å². The second kappa shape index (κ2) is 7.70. The standard InChI is InChI=1S/C18H17Cl2N3OS/c1-23-15(6-7-22-23)14-9-17(25-18(14)20)16(24)8-12(10-21)11-2-4-13(19)5-3-11/h2-7,9,12H,8,10,21H2,1H3. The van der Waals surface area contributed by atoms with Gasteiger partial charge in [-0.15, -0.1) is 11.3 Å². The molecule has 0 saturated carbocycles. The molecule has 0 spiro atoms. The van der Waals surface area contributed by atoms with E-state index in [1.54, 1.807) is 10.9 Å². The van der Waals surface area contributed by atoms with E-state index in [4.69, 9.17) is 28.9 Å². The molecule has 0 saturated heterocycles. The zero-order valence-corrected chi connectivity index (χ0v) is 15.9. The zero-order valence-electron chi connectivity index (χ0n) is 13.6. The fourth-order valence-electron chi connectivity index (χ4n) is 2.72. The van der Waals surface area contributed by atoms with E-state index in [0.717, 1.165) is 16.8 Å². The van der Waals surface area contributed by atoms with Crippen molar-refractivity contribution in [2.75, 3.05) is 6.54 Å². The van der Waals surface area contributed by atoms with Crippen LogP contribution in [0, 0.1) is 0 Å². The molecule has 2 heterocycles. The summed E-state index contributed by atoms with van der Waals surface area (Å²) in [5.41, 5.74) is 8.60. The lowest BCUT2D eigenvalue weighted by molar-refractivity contribution is 0.0978. The van der Waals surface area contributed by atoms with Crippen molar-refractivity contribution >= 4 is 40.3 Å². The Bertz CT molecular complexity index is 886. The van der Waals surface area contributed by atoms with Gasteiger partial charge in [0.1, 0.15) is 4.34 Å². The van der Waals surface area contributed by atoms with Gasteiger partial charge in [-0.1, -0.05) is 35.3 Å². The van der Waals surface area contributed by atoms with Crippen molar-refractivity contribution < 1.29 is 4.79 Å². The van der Waals surface area contributed by atoms with Crippen LogP contribution in [0.2, 0.25) is 9.36 Å². The lowest BCUT2D eigenvalue weighted by Crippen LogP contribution is -2.16. The van der Waals surface area contributed by atoms with Crippen molar-refractivity contribution in [3.8, 4) is 11.3 Å². The largest absolute Gasteiger partial charge is 0.330 e. The van der Waals surface area contributed by atoms with E-state index < -0.39 is 0 Å². The molecule has 0 fully saturated rings. The van der Waals surface area contributed by atoms with Gasteiger partial charge in [0, 0.05) is 36.2 Å². The first-order valence-electron chi connectivity index (χ1n) is 7.76. The number of halogens is 2. The van der Waals surface area contributed by atoms with E-state index >= 15 is 0 Å². The smallest absolute Gasteiger partial charge is 0.173 e. The molecule has 3 rings (SSSR count). The quantitative estimate of drug-likeness (QED) is 0.613. The second-order valence-corrected chi connectivity index (χ2v) is 7.84. The molecule has 0 amide bonds. The average molecular weight is 394 g/mol. The molecule has 1 aromatic carbocycles. The number of Topliss-reactive ketones (excluding diaryl/α,β-unsaturated/α-hetero) is 1. The molecular formula is C18H17Cl2N3OS. The lowest BCUT2D eigenvalue weighted by atomic mass is 9.93. The molecule has 1 unspecified atom stereocenters. The first-order chi connectivity index (χ1) is 12.0. The number of rotatable bonds is 6. The topological polar surface area (TPSA) is 60.9 Å². The molecular weight excluding hydrogens is 377 g/mol. The van der Waals surface area contributed by atoms with Gasteiger partial charge in [0.25, 0.3) is 0 Å². The molecule has 0 aliphatic heterocycles. The number of thiophene rings is 1. The molecule has 7 heteroatoms. The van der Waals surface area contributed by atoms with E-state index in [9.17, 15) is 4.79 Å². The third-order valence-corrected chi connectivity index (χ3v) is 5.77. The first-order valence-corrected chi connectivity index (χ1v) is 9.33. The summed E-state index contributed by atoms with van der Waals surface area (Å²) in [6.45, 7) is 0.390. The maximum atomic E-state index is 12.7. The number of carbonyl (C=O) groups excluding carboxylic acids is 1. The number of nitrogens with two attached hydrogens (primary N) is 1. The van der Waals surface area contributed by atoms with Crippen molar-refractivity contribution in [2.24, 2.45) is 12.8 Å². The van der Waals surface area contributed by atoms with Crippen LogP contribution in [0.5, 0.6) is 0 Å². The molecule has 2 N–H and O–H groups in total. The van der Waals surface area contributed by atoms with Crippen LogP contribution in [0.3, 0.4) is 0 Å². The van der Waals surface area contributed by atoms with E-state index in [-0.39, 0.29) is 11.7 Å². The Balaban J connectivity index is 1.81. The number of carbonyl (C=O) groups is 1. The van der Waals surface area contributed by atoms with Crippen LogP contribution < -0.4 is 5.73 Å². The Hall–Kier alpha value is -1.66. The summed E-state index contributed by atoms with van der Waals surface area (Å²) in [5.74, 6) is -0.0171. The van der Waals surface area contributed by atoms with Crippen LogP contribution in [0.1, 0.15) is 27.6 Å². The number of aryl methyl sites for hydroxylation is 1. The molecule has 0 aliphatic carbocycles. The van der Waals surface area contributed by atoms with Gasteiger partial charge >= 0.3 is 0 Å². The van der Waals surface area contributed by atoms with Gasteiger partial charge in [-0.25, -0.2) is 0 Å². The van der Waals surface area contributed by atoms with Crippen molar-refractivity contribution in [1.82, 2.24) is 9.78 Å². The summed E-state index contributed by atoms with van der Waals surface area (Å²) in [6, 6.07) is 11.2. The number of ketones is 1. The van der Waals surface area contributed by atoms with E-state index in [1.807, 2.05) is 43.4 Å². The highest BCUT2D eigenvalue weighted by molar-refractivity contribution is 7.18. The predicted octanol–water partition coefficient (Wildman–Crippen LogP) is 4.77. The number of benzene rings is 1. The molecule has 4 nitrogen and oxygen atoms in total. The summed E-state index contributed by atoms with van der Waals surface area (Å²) in [7, 11) is 1.84. The Kier molecular flexibility index (Phi) is 5.59. The minimum atomic E-state index is -0.0502. The van der Waals surface area contributed by atoms with E-state index in [1.165, 1.54) is 11.3 Å². The summed E-state index contributed by atoms with van der Waals surface area (Å²) in [5, 5.41) is 4.81. The molecule has 25 heavy (non-hydrogen) atoms. The fraction of sp³-hybridized carbons (Fsp3) is 0.222. The second-order valence-electron chi connectivity index (χ2n) is 5.75. The molecule has 3 aromatic rings. The van der Waals surface area contributed by atoms with Crippen LogP contribution in [-0.4, -0.2) is 22.1 Å². The van der Waals surface area contributed by atoms with Gasteiger partial charge in [0.15, 0.2) is 5.78 Å². The molecule has 130 valence electrons. The maximum absolute atomic E-state index is 12.7. The average Bonchev–Trinajstić information content (AvgIpc) is 3.18. The Labute approximate surface area is 160 Å². The summed E-state index contributed by atoms with van der Waals surface area (Å²) >= 11 is 13.6. The number of hydrogen-bond acceptors (Lipinski definition) is 4. The predicted molar refractivity (Wildman–Crippen MR) is 104 cm³/mol. The van der Waals surface area contributed by atoms with Gasteiger partial charge < -0.3 is 5.73 Å². The van der Waals surface area contributed by atoms with Crippen molar-refractivity contribution in [3.05, 3.63) is 62.4 Å². The Morgan fingerprint density at radius 1 is 1.28 bits per heavy atom. The number of aromatic nitrogens is 2. The highest BCUT2D eigenvalue weighted by Gasteiger charge is 2.20. The summed E-state index contributed by atoms with van der Waals surface area (Å²) < 4.78 is 2.32. The van der Waals surface area contributed by atoms with Crippen LogP contribution in [0.4, 0.5) is 0 Å². The summed E-state index contributed by atoms with van der Waals surface area (Å²) in [6.07, 6.45) is 2.04. The minimum Gasteiger partial charge on any atom is -0.330 e. The zero-order chi connectivity index (χ0) is 18.0.